The number of piperazine rings is 1. The average molecular weight is 340 g/mol. The maximum Gasteiger partial charge on any atom is 0.317 e. The molecule has 23 heavy (non-hydrogen) atoms. The lowest BCUT2D eigenvalue weighted by atomic mass is 10.2. The zero-order valence-electron chi connectivity index (χ0n) is 13.2. The van der Waals surface area contributed by atoms with Gasteiger partial charge in [0.2, 0.25) is 0 Å². The highest BCUT2D eigenvalue weighted by Crippen LogP contribution is 2.26. The van der Waals surface area contributed by atoms with Crippen molar-refractivity contribution in [2.75, 3.05) is 51.4 Å². The summed E-state index contributed by atoms with van der Waals surface area (Å²) in [5.74, 6) is 0. The van der Waals surface area contributed by atoms with Gasteiger partial charge in [-0.3, -0.25) is 0 Å². The van der Waals surface area contributed by atoms with Gasteiger partial charge in [-0.15, -0.1) is 0 Å². The van der Waals surface area contributed by atoms with Gasteiger partial charge in [0, 0.05) is 33.3 Å². The first kappa shape index (κ1) is 16.4. The van der Waals surface area contributed by atoms with E-state index in [0.29, 0.717) is 26.3 Å². The number of carbonyl (C=O) groups is 1. The van der Waals surface area contributed by atoms with E-state index in [1.165, 1.54) is 0 Å². The van der Waals surface area contributed by atoms with E-state index in [9.17, 15) is 4.79 Å². The van der Waals surface area contributed by atoms with Crippen LogP contribution >= 0.6 is 11.6 Å². The van der Waals surface area contributed by atoms with Gasteiger partial charge in [0.15, 0.2) is 0 Å². The number of carbonyl (C=O) groups excluding carboxylic acids is 1. The van der Waals surface area contributed by atoms with Crippen LogP contribution in [0.3, 0.4) is 0 Å². The molecule has 1 aromatic carbocycles. The van der Waals surface area contributed by atoms with E-state index in [-0.39, 0.29) is 18.2 Å². The zero-order valence-corrected chi connectivity index (χ0v) is 14.0. The smallest absolute Gasteiger partial charge is 0.317 e. The number of nitrogens with zero attached hydrogens (tertiary/aromatic N) is 2. The Hall–Kier alpha value is -1.50. The molecule has 2 atom stereocenters. The highest BCUT2D eigenvalue weighted by molar-refractivity contribution is 6.33. The third-order valence-electron chi connectivity index (χ3n) is 4.40. The van der Waals surface area contributed by atoms with Crippen LogP contribution in [-0.4, -0.2) is 69.6 Å². The van der Waals surface area contributed by atoms with Crippen molar-refractivity contribution in [3.05, 3.63) is 29.3 Å². The first-order chi connectivity index (χ1) is 11.2. The molecule has 2 fully saturated rings. The van der Waals surface area contributed by atoms with Gasteiger partial charge in [0.1, 0.15) is 6.10 Å². The van der Waals surface area contributed by atoms with Gasteiger partial charge in [-0.05, 0) is 12.1 Å². The van der Waals surface area contributed by atoms with Crippen LogP contribution in [0.1, 0.15) is 0 Å². The summed E-state index contributed by atoms with van der Waals surface area (Å²) in [5, 5.41) is 3.75. The van der Waals surface area contributed by atoms with E-state index < -0.39 is 0 Å². The summed E-state index contributed by atoms with van der Waals surface area (Å²) in [6.07, 6.45) is -0.0663. The SMILES string of the molecule is CO[C@@H]1COC[C@@H]1NC(=O)N1CCN(c2ccccc2Cl)CC1. The lowest BCUT2D eigenvalue weighted by molar-refractivity contribution is 0.0734. The second-order valence-electron chi connectivity index (χ2n) is 5.79. The molecule has 0 aliphatic carbocycles. The third kappa shape index (κ3) is 3.71. The summed E-state index contributed by atoms with van der Waals surface area (Å²) in [4.78, 5) is 16.4. The van der Waals surface area contributed by atoms with E-state index in [1.54, 1.807) is 7.11 Å². The summed E-state index contributed by atoms with van der Waals surface area (Å²) in [5.41, 5.74) is 1.03. The molecule has 2 aliphatic heterocycles. The van der Waals surface area contributed by atoms with Gasteiger partial charge in [-0.1, -0.05) is 23.7 Å². The molecule has 0 spiro atoms. The fourth-order valence-corrected chi connectivity index (χ4v) is 3.27. The number of para-hydroxylation sites is 1. The molecule has 126 valence electrons. The first-order valence-corrected chi connectivity index (χ1v) is 8.22. The third-order valence-corrected chi connectivity index (χ3v) is 4.72. The molecule has 2 heterocycles. The maximum atomic E-state index is 12.4. The number of benzene rings is 1. The Morgan fingerprint density at radius 3 is 2.70 bits per heavy atom. The molecule has 0 bridgehead atoms. The van der Waals surface area contributed by atoms with Gasteiger partial charge < -0.3 is 24.6 Å². The van der Waals surface area contributed by atoms with Crippen LogP contribution in [0.25, 0.3) is 0 Å². The van der Waals surface area contributed by atoms with E-state index in [2.05, 4.69) is 10.2 Å². The minimum atomic E-state index is -0.0749. The highest BCUT2D eigenvalue weighted by Gasteiger charge is 2.31. The monoisotopic (exact) mass is 339 g/mol. The number of rotatable bonds is 3. The number of hydrogen-bond acceptors (Lipinski definition) is 4. The summed E-state index contributed by atoms with van der Waals surface area (Å²) in [6.45, 7) is 3.91. The van der Waals surface area contributed by atoms with Gasteiger partial charge >= 0.3 is 6.03 Å². The van der Waals surface area contributed by atoms with Crippen molar-refractivity contribution in [2.24, 2.45) is 0 Å². The number of methoxy groups -OCH3 is 1. The van der Waals surface area contributed by atoms with Crippen LogP contribution in [0.15, 0.2) is 24.3 Å². The average Bonchev–Trinajstić information content (AvgIpc) is 3.02. The van der Waals surface area contributed by atoms with Crippen LogP contribution in [0, 0.1) is 0 Å². The predicted octanol–water partition coefficient (Wildman–Crippen LogP) is 1.59. The van der Waals surface area contributed by atoms with Gasteiger partial charge in [-0.2, -0.15) is 0 Å². The summed E-state index contributed by atoms with van der Waals surface area (Å²) < 4.78 is 10.7. The molecule has 3 rings (SSSR count). The molecular formula is C16H22ClN3O3. The second kappa shape index (κ2) is 7.38. The Bertz CT molecular complexity index is 549. The van der Waals surface area contributed by atoms with Crippen molar-refractivity contribution >= 4 is 23.3 Å². The van der Waals surface area contributed by atoms with E-state index >= 15 is 0 Å². The number of anilines is 1. The van der Waals surface area contributed by atoms with Crippen LogP contribution in [0.4, 0.5) is 10.5 Å². The largest absolute Gasteiger partial charge is 0.377 e. The Morgan fingerprint density at radius 2 is 2.00 bits per heavy atom. The van der Waals surface area contributed by atoms with Crippen molar-refractivity contribution < 1.29 is 14.3 Å². The number of urea groups is 1. The number of hydrogen-bond donors (Lipinski definition) is 1. The Balaban J connectivity index is 1.52. The Kier molecular flexibility index (Phi) is 5.25. The molecular weight excluding hydrogens is 318 g/mol. The van der Waals surface area contributed by atoms with E-state index in [1.807, 2.05) is 29.2 Å². The zero-order chi connectivity index (χ0) is 16.2. The molecule has 0 aromatic heterocycles. The standard InChI is InChI=1S/C16H22ClN3O3/c1-22-15-11-23-10-13(15)18-16(21)20-8-6-19(7-9-20)14-5-3-2-4-12(14)17/h2-5,13,15H,6-11H2,1H3,(H,18,21)/t13-,15+/m0/s1. The lowest BCUT2D eigenvalue weighted by Gasteiger charge is -2.37. The van der Waals surface area contributed by atoms with Crippen molar-refractivity contribution in [3.8, 4) is 0 Å². The topological polar surface area (TPSA) is 54.0 Å². The van der Waals surface area contributed by atoms with E-state index in [4.69, 9.17) is 21.1 Å². The van der Waals surface area contributed by atoms with Crippen LogP contribution < -0.4 is 10.2 Å². The minimum absolute atomic E-state index is 0.0543. The van der Waals surface area contributed by atoms with E-state index in [0.717, 1.165) is 23.8 Å². The molecule has 1 N–H and O–H groups in total. The van der Waals surface area contributed by atoms with Crippen molar-refractivity contribution in [2.45, 2.75) is 12.1 Å². The molecule has 2 amide bonds. The summed E-state index contributed by atoms with van der Waals surface area (Å²) in [6, 6.07) is 7.67. The molecule has 6 nitrogen and oxygen atoms in total. The normalized spacial score (nSPS) is 24.8. The Morgan fingerprint density at radius 1 is 1.26 bits per heavy atom. The maximum absolute atomic E-state index is 12.4. The minimum Gasteiger partial charge on any atom is -0.377 e. The molecule has 0 saturated carbocycles. The molecule has 1 aromatic rings. The fraction of sp³-hybridized carbons (Fsp3) is 0.562. The van der Waals surface area contributed by atoms with Gasteiger partial charge in [0.05, 0.1) is 30.0 Å². The van der Waals surface area contributed by atoms with Crippen LogP contribution in [0.2, 0.25) is 5.02 Å². The highest BCUT2D eigenvalue weighted by atomic mass is 35.5. The number of ether oxygens (including phenoxy) is 2. The number of amides is 2. The second-order valence-corrected chi connectivity index (χ2v) is 6.20. The predicted molar refractivity (Wildman–Crippen MR) is 89.2 cm³/mol. The quantitative estimate of drug-likeness (QED) is 0.908. The molecule has 2 saturated heterocycles. The van der Waals surface area contributed by atoms with Crippen molar-refractivity contribution in [1.29, 1.82) is 0 Å². The summed E-state index contributed by atoms with van der Waals surface area (Å²) >= 11 is 6.24. The van der Waals surface area contributed by atoms with Crippen molar-refractivity contribution in [3.63, 3.8) is 0 Å². The molecule has 2 aliphatic rings. The first-order valence-electron chi connectivity index (χ1n) is 7.84. The Labute approximate surface area is 141 Å². The molecule has 7 heteroatoms. The summed E-state index contributed by atoms with van der Waals surface area (Å²) in [7, 11) is 1.64. The van der Waals surface area contributed by atoms with Crippen LogP contribution in [0.5, 0.6) is 0 Å². The van der Waals surface area contributed by atoms with Gasteiger partial charge in [0.25, 0.3) is 0 Å². The number of nitrogens with one attached hydrogen (secondary N) is 1. The lowest BCUT2D eigenvalue weighted by Crippen LogP contribution is -2.55. The van der Waals surface area contributed by atoms with Crippen LogP contribution in [-0.2, 0) is 9.47 Å². The van der Waals surface area contributed by atoms with Gasteiger partial charge in [-0.25, -0.2) is 4.79 Å². The molecule has 0 unspecified atom stereocenters. The number of halogens is 1. The fourth-order valence-electron chi connectivity index (χ4n) is 3.01. The molecule has 0 radical (unpaired) electrons. The van der Waals surface area contributed by atoms with Crippen molar-refractivity contribution in [1.82, 2.24) is 10.2 Å².